The molecule has 2 heteroatoms. The summed E-state index contributed by atoms with van der Waals surface area (Å²) in [4.78, 5) is 0. The summed E-state index contributed by atoms with van der Waals surface area (Å²) in [7, 11) is 0. The quantitative estimate of drug-likeness (QED) is 0.707. The number of nitrogens with two attached hydrogens (primary N) is 1. The van der Waals surface area contributed by atoms with Gasteiger partial charge in [-0.15, -0.1) is 0 Å². The molecule has 0 spiro atoms. The molecule has 0 saturated heterocycles. The fraction of sp³-hybridized carbons (Fsp3) is 1.00. The summed E-state index contributed by atoms with van der Waals surface area (Å²) in [5.74, 6) is 1.29. The first-order chi connectivity index (χ1) is 6.33. The van der Waals surface area contributed by atoms with Crippen molar-refractivity contribution in [1.29, 1.82) is 0 Å². The molecule has 1 fully saturated rings. The minimum Gasteiger partial charge on any atom is -0.329 e. The number of thioether (sulfide) groups is 1. The van der Waals surface area contributed by atoms with Crippen LogP contribution in [0.25, 0.3) is 0 Å². The molecule has 0 bridgehead atoms. The normalized spacial score (nSPS) is 22.6. The maximum atomic E-state index is 5.93. The molecule has 0 unspecified atom stereocenters. The smallest absolute Gasteiger partial charge is 0.0282 e. The molecule has 1 saturated carbocycles. The number of hydrogen-bond acceptors (Lipinski definition) is 2. The van der Waals surface area contributed by atoms with Gasteiger partial charge >= 0.3 is 0 Å². The van der Waals surface area contributed by atoms with E-state index in [1.165, 1.54) is 50.7 Å². The Morgan fingerprint density at radius 2 is 1.77 bits per heavy atom. The highest BCUT2D eigenvalue weighted by molar-refractivity contribution is 8.00. The van der Waals surface area contributed by atoms with E-state index in [0.29, 0.717) is 4.75 Å². The monoisotopic (exact) mass is 201 g/mol. The molecule has 0 aromatic rings. The van der Waals surface area contributed by atoms with Crippen molar-refractivity contribution in [2.45, 2.75) is 56.6 Å². The van der Waals surface area contributed by atoms with Gasteiger partial charge in [0.2, 0.25) is 0 Å². The summed E-state index contributed by atoms with van der Waals surface area (Å²) in [5.41, 5.74) is 5.93. The number of rotatable bonds is 4. The van der Waals surface area contributed by atoms with E-state index in [4.69, 9.17) is 5.73 Å². The van der Waals surface area contributed by atoms with Crippen LogP contribution in [0.4, 0.5) is 0 Å². The first kappa shape index (κ1) is 11.4. The van der Waals surface area contributed by atoms with Crippen LogP contribution < -0.4 is 5.73 Å². The van der Waals surface area contributed by atoms with E-state index in [1.54, 1.807) is 0 Å². The van der Waals surface area contributed by atoms with Crippen molar-refractivity contribution in [2.75, 3.05) is 12.3 Å². The molecular formula is C11H23NS. The van der Waals surface area contributed by atoms with Crippen LogP contribution in [0.15, 0.2) is 0 Å². The predicted molar refractivity (Wildman–Crippen MR) is 62.2 cm³/mol. The Morgan fingerprint density at radius 1 is 1.15 bits per heavy atom. The predicted octanol–water partition coefficient (Wildman–Crippen LogP) is 3.18. The summed E-state index contributed by atoms with van der Waals surface area (Å²) >= 11 is 2.13. The van der Waals surface area contributed by atoms with Crippen molar-refractivity contribution >= 4 is 11.8 Å². The van der Waals surface area contributed by atoms with Crippen LogP contribution in [-0.2, 0) is 0 Å². The standard InChI is InChI=1S/C11H23NS/c1-2-9-13-11(10-12)7-5-3-4-6-8-11/h2-10,12H2,1H3. The summed E-state index contributed by atoms with van der Waals surface area (Å²) in [5, 5.41) is 0. The molecule has 2 N–H and O–H groups in total. The first-order valence-corrected chi connectivity index (χ1v) is 6.65. The van der Waals surface area contributed by atoms with E-state index in [2.05, 4.69) is 18.7 Å². The Bertz CT molecular complexity index is 128. The minimum absolute atomic E-state index is 0.451. The van der Waals surface area contributed by atoms with E-state index >= 15 is 0 Å². The average molecular weight is 201 g/mol. The molecule has 0 amide bonds. The molecule has 13 heavy (non-hydrogen) atoms. The lowest BCUT2D eigenvalue weighted by Crippen LogP contribution is -2.34. The maximum absolute atomic E-state index is 5.93. The summed E-state index contributed by atoms with van der Waals surface area (Å²) in [6, 6.07) is 0. The van der Waals surface area contributed by atoms with E-state index in [0.717, 1.165) is 6.54 Å². The zero-order valence-corrected chi connectivity index (χ0v) is 9.67. The lowest BCUT2D eigenvalue weighted by Gasteiger charge is -2.30. The molecular weight excluding hydrogens is 178 g/mol. The van der Waals surface area contributed by atoms with E-state index < -0.39 is 0 Å². The van der Waals surface area contributed by atoms with Crippen molar-refractivity contribution in [2.24, 2.45) is 5.73 Å². The molecule has 0 aromatic heterocycles. The van der Waals surface area contributed by atoms with Crippen LogP contribution in [0.5, 0.6) is 0 Å². The maximum Gasteiger partial charge on any atom is 0.0282 e. The lowest BCUT2D eigenvalue weighted by molar-refractivity contribution is 0.521. The Balaban J connectivity index is 2.43. The molecule has 1 aliphatic rings. The second kappa shape index (κ2) is 5.92. The van der Waals surface area contributed by atoms with Crippen LogP contribution in [0, 0.1) is 0 Å². The topological polar surface area (TPSA) is 26.0 Å². The van der Waals surface area contributed by atoms with Gasteiger partial charge < -0.3 is 5.73 Å². The minimum atomic E-state index is 0.451. The SMILES string of the molecule is CCCSC1(CN)CCCCCC1. The van der Waals surface area contributed by atoms with E-state index in [-0.39, 0.29) is 0 Å². The van der Waals surface area contributed by atoms with Gasteiger partial charge in [0.1, 0.15) is 0 Å². The second-order valence-electron chi connectivity index (χ2n) is 4.15. The zero-order valence-electron chi connectivity index (χ0n) is 8.85. The fourth-order valence-corrected chi connectivity index (χ4v) is 3.43. The molecule has 0 aromatic carbocycles. The van der Waals surface area contributed by atoms with Crippen molar-refractivity contribution in [3.63, 3.8) is 0 Å². The van der Waals surface area contributed by atoms with Gasteiger partial charge in [-0.1, -0.05) is 32.6 Å². The van der Waals surface area contributed by atoms with Gasteiger partial charge in [-0.25, -0.2) is 0 Å². The van der Waals surface area contributed by atoms with Crippen LogP contribution >= 0.6 is 11.8 Å². The third-order valence-electron chi connectivity index (χ3n) is 3.00. The van der Waals surface area contributed by atoms with Gasteiger partial charge in [0, 0.05) is 11.3 Å². The molecule has 0 radical (unpaired) electrons. The van der Waals surface area contributed by atoms with E-state index in [9.17, 15) is 0 Å². The molecule has 1 rings (SSSR count). The van der Waals surface area contributed by atoms with Crippen LogP contribution in [0.2, 0.25) is 0 Å². The largest absolute Gasteiger partial charge is 0.329 e. The Hall–Kier alpha value is 0.310. The second-order valence-corrected chi connectivity index (χ2v) is 5.71. The number of hydrogen-bond donors (Lipinski definition) is 1. The average Bonchev–Trinajstić information content (AvgIpc) is 2.41. The van der Waals surface area contributed by atoms with Crippen molar-refractivity contribution in [1.82, 2.24) is 0 Å². The van der Waals surface area contributed by atoms with Gasteiger partial charge in [-0.2, -0.15) is 11.8 Å². The van der Waals surface area contributed by atoms with Gasteiger partial charge in [0.25, 0.3) is 0 Å². The van der Waals surface area contributed by atoms with Crippen molar-refractivity contribution in [3.05, 3.63) is 0 Å². The van der Waals surface area contributed by atoms with Crippen molar-refractivity contribution in [3.8, 4) is 0 Å². The highest BCUT2D eigenvalue weighted by Crippen LogP contribution is 2.38. The van der Waals surface area contributed by atoms with Gasteiger partial charge in [-0.3, -0.25) is 0 Å². The highest BCUT2D eigenvalue weighted by Gasteiger charge is 2.29. The van der Waals surface area contributed by atoms with Gasteiger partial charge in [-0.05, 0) is 25.0 Å². The van der Waals surface area contributed by atoms with Crippen molar-refractivity contribution < 1.29 is 0 Å². The third kappa shape index (κ3) is 3.51. The lowest BCUT2D eigenvalue weighted by atomic mass is 9.99. The van der Waals surface area contributed by atoms with Gasteiger partial charge in [0.15, 0.2) is 0 Å². The first-order valence-electron chi connectivity index (χ1n) is 5.67. The summed E-state index contributed by atoms with van der Waals surface area (Å²) < 4.78 is 0.451. The van der Waals surface area contributed by atoms with Crippen LogP contribution in [-0.4, -0.2) is 17.0 Å². The molecule has 78 valence electrons. The zero-order chi connectivity index (χ0) is 9.57. The molecule has 1 nitrogen and oxygen atoms in total. The molecule has 0 atom stereocenters. The Labute approximate surface area is 86.8 Å². The molecule has 1 aliphatic carbocycles. The van der Waals surface area contributed by atoms with E-state index in [1.807, 2.05) is 0 Å². The van der Waals surface area contributed by atoms with Gasteiger partial charge in [0.05, 0.1) is 0 Å². The third-order valence-corrected chi connectivity index (χ3v) is 4.80. The van der Waals surface area contributed by atoms with Crippen LogP contribution in [0.3, 0.4) is 0 Å². The fourth-order valence-electron chi connectivity index (χ4n) is 2.10. The highest BCUT2D eigenvalue weighted by atomic mass is 32.2. The summed E-state index contributed by atoms with van der Waals surface area (Å²) in [6.45, 7) is 3.14. The summed E-state index contributed by atoms with van der Waals surface area (Å²) in [6.07, 6.45) is 9.64. The Kier molecular flexibility index (Phi) is 5.18. The molecule has 0 heterocycles. The Morgan fingerprint density at radius 3 is 2.23 bits per heavy atom. The van der Waals surface area contributed by atoms with Crippen LogP contribution in [0.1, 0.15) is 51.9 Å². The molecule has 0 aliphatic heterocycles.